The van der Waals surface area contributed by atoms with Crippen LogP contribution < -0.4 is 10.4 Å². The number of hydrogen-bond acceptors (Lipinski definition) is 5. The van der Waals surface area contributed by atoms with Crippen molar-refractivity contribution in [2.45, 2.75) is 45.4 Å². The van der Waals surface area contributed by atoms with Gasteiger partial charge in [0.05, 0.1) is 12.0 Å². The van der Waals surface area contributed by atoms with E-state index < -0.39 is 23.7 Å². The van der Waals surface area contributed by atoms with Gasteiger partial charge in [0.15, 0.2) is 0 Å². The molecule has 0 saturated carbocycles. The van der Waals surface area contributed by atoms with Gasteiger partial charge in [-0.2, -0.15) is 0 Å². The summed E-state index contributed by atoms with van der Waals surface area (Å²) < 4.78 is 5.17. The SMILES string of the molecule is CC1CN(C(=O)OC(C)(C)C)C(C(=O)[O-])CN1. The van der Waals surface area contributed by atoms with E-state index >= 15 is 0 Å². The van der Waals surface area contributed by atoms with Crippen molar-refractivity contribution in [2.24, 2.45) is 0 Å². The number of carbonyl (C=O) groups is 2. The molecule has 6 heteroatoms. The molecule has 6 nitrogen and oxygen atoms in total. The zero-order valence-corrected chi connectivity index (χ0v) is 10.6. The molecule has 98 valence electrons. The maximum absolute atomic E-state index is 11.9. The molecule has 1 fully saturated rings. The highest BCUT2D eigenvalue weighted by Crippen LogP contribution is 2.14. The summed E-state index contributed by atoms with van der Waals surface area (Å²) in [6, 6.07) is -0.931. The average molecular weight is 243 g/mol. The first-order valence-electron chi connectivity index (χ1n) is 5.64. The van der Waals surface area contributed by atoms with Gasteiger partial charge in [-0.25, -0.2) is 4.79 Å². The Bertz CT molecular complexity index is 311. The third-order valence-corrected chi connectivity index (χ3v) is 2.41. The smallest absolute Gasteiger partial charge is 0.410 e. The molecule has 1 aliphatic rings. The maximum atomic E-state index is 11.9. The van der Waals surface area contributed by atoms with Gasteiger partial charge in [-0.15, -0.1) is 0 Å². The molecule has 1 N–H and O–H groups in total. The highest BCUT2D eigenvalue weighted by Gasteiger charge is 2.33. The molecule has 0 spiro atoms. The zero-order chi connectivity index (χ0) is 13.2. The quantitative estimate of drug-likeness (QED) is 0.660. The Hall–Kier alpha value is -1.30. The largest absolute Gasteiger partial charge is 0.548 e. The van der Waals surface area contributed by atoms with E-state index in [0.717, 1.165) is 0 Å². The van der Waals surface area contributed by atoms with Crippen LogP contribution in [-0.2, 0) is 9.53 Å². The van der Waals surface area contributed by atoms with Gasteiger partial charge in [0, 0.05) is 19.1 Å². The number of amides is 1. The molecule has 17 heavy (non-hydrogen) atoms. The monoisotopic (exact) mass is 243 g/mol. The van der Waals surface area contributed by atoms with Crippen molar-refractivity contribution in [3.63, 3.8) is 0 Å². The van der Waals surface area contributed by atoms with Gasteiger partial charge in [0.2, 0.25) is 0 Å². The van der Waals surface area contributed by atoms with Crippen molar-refractivity contribution >= 4 is 12.1 Å². The van der Waals surface area contributed by atoms with Crippen LogP contribution in [-0.4, -0.2) is 47.7 Å². The number of hydrogen-bond donors (Lipinski definition) is 1. The molecule has 0 aromatic carbocycles. The number of carboxylic acid groups (broad SMARTS) is 1. The van der Waals surface area contributed by atoms with E-state index in [-0.39, 0.29) is 12.6 Å². The van der Waals surface area contributed by atoms with Crippen molar-refractivity contribution in [1.29, 1.82) is 0 Å². The number of nitrogens with one attached hydrogen (secondary N) is 1. The number of nitrogens with zero attached hydrogens (tertiary/aromatic N) is 1. The van der Waals surface area contributed by atoms with Crippen molar-refractivity contribution in [2.75, 3.05) is 13.1 Å². The summed E-state index contributed by atoms with van der Waals surface area (Å²) in [4.78, 5) is 24.0. The third-order valence-electron chi connectivity index (χ3n) is 2.41. The topological polar surface area (TPSA) is 81.7 Å². The molecule has 2 unspecified atom stereocenters. The average Bonchev–Trinajstić information content (AvgIpc) is 2.14. The van der Waals surface area contributed by atoms with E-state index in [1.807, 2.05) is 6.92 Å². The summed E-state index contributed by atoms with van der Waals surface area (Å²) in [6.07, 6.45) is -0.611. The predicted molar refractivity (Wildman–Crippen MR) is 59.2 cm³/mol. The van der Waals surface area contributed by atoms with Crippen LogP contribution in [0.2, 0.25) is 0 Å². The highest BCUT2D eigenvalue weighted by molar-refractivity contribution is 5.79. The summed E-state index contributed by atoms with van der Waals surface area (Å²) in [5, 5.41) is 13.9. The summed E-state index contributed by atoms with van der Waals surface area (Å²) >= 11 is 0. The minimum atomic E-state index is -1.27. The highest BCUT2D eigenvalue weighted by atomic mass is 16.6. The fourth-order valence-corrected chi connectivity index (χ4v) is 1.64. The van der Waals surface area contributed by atoms with E-state index in [2.05, 4.69) is 5.32 Å². The molecule has 0 radical (unpaired) electrons. The molecule has 2 atom stereocenters. The lowest BCUT2D eigenvalue weighted by Gasteiger charge is -2.40. The standard InChI is InChI=1S/C11H20N2O4/c1-7-6-13(8(5-12-7)9(14)15)10(16)17-11(2,3)4/h7-8,12H,5-6H2,1-4H3,(H,14,15)/p-1. The van der Waals surface area contributed by atoms with E-state index in [9.17, 15) is 14.7 Å². The van der Waals surface area contributed by atoms with Crippen molar-refractivity contribution in [3.05, 3.63) is 0 Å². The van der Waals surface area contributed by atoms with Crippen LogP contribution in [0.3, 0.4) is 0 Å². The van der Waals surface area contributed by atoms with Crippen molar-refractivity contribution in [3.8, 4) is 0 Å². The van der Waals surface area contributed by atoms with Crippen LogP contribution in [0.1, 0.15) is 27.7 Å². The Kier molecular flexibility index (Phi) is 3.98. The molecular formula is C11H19N2O4-. The summed E-state index contributed by atoms with van der Waals surface area (Å²) in [5.41, 5.74) is -0.637. The fraction of sp³-hybridized carbons (Fsp3) is 0.818. The van der Waals surface area contributed by atoms with Crippen molar-refractivity contribution < 1.29 is 19.4 Å². The number of carbonyl (C=O) groups excluding carboxylic acids is 2. The van der Waals surface area contributed by atoms with Gasteiger partial charge in [0.25, 0.3) is 0 Å². The van der Waals surface area contributed by atoms with Crippen molar-refractivity contribution in [1.82, 2.24) is 10.2 Å². The molecule has 1 rings (SSSR count). The molecule has 0 aromatic rings. The number of aliphatic carboxylic acids is 1. The van der Waals surface area contributed by atoms with Gasteiger partial charge < -0.3 is 20.0 Å². The Labute approximate surface area is 101 Å². The molecule has 1 aliphatic heterocycles. The lowest BCUT2D eigenvalue weighted by molar-refractivity contribution is -0.311. The number of rotatable bonds is 1. The molecule has 1 saturated heterocycles. The zero-order valence-electron chi connectivity index (χ0n) is 10.6. The van der Waals surface area contributed by atoms with E-state index in [1.165, 1.54) is 4.90 Å². The minimum Gasteiger partial charge on any atom is -0.548 e. The predicted octanol–water partition coefficient (Wildman–Crippen LogP) is -0.666. The lowest BCUT2D eigenvalue weighted by Crippen LogP contribution is -2.63. The Morgan fingerprint density at radius 1 is 1.41 bits per heavy atom. The molecule has 0 bridgehead atoms. The molecular weight excluding hydrogens is 224 g/mol. The van der Waals surface area contributed by atoms with Crippen LogP contribution in [0.4, 0.5) is 4.79 Å². The first-order chi connectivity index (χ1) is 7.70. The molecule has 1 amide bonds. The number of piperazine rings is 1. The molecule has 0 aliphatic carbocycles. The van der Waals surface area contributed by atoms with Gasteiger partial charge in [-0.1, -0.05) is 0 Å². The molecule has 1 heterocycles. The maximum Gasteiger partial charge on any atom is 0.410 e. The summed E-state index contributed by atoms with van der Waals surface area (Å²) in [7, 11) is 0. The van der Waals surface area contributed by atoms with Crippen LogP contribution in [0.5, 0.6) is 0 Å². The van der Waals surface area contributed by atoms with Gasteiger partial charge in [-0.3, -0.25) is 4.90 Å². The van der Waals surface area contributed by atoms with Crippen LogP contribution >= 0.6 is 0 Å². The van der Waals surface area contributed by atoms with E-state index in [0.29, 0.717) is 6.54 Å². The van der Waals surface area contributed by atoms with Gasteiger partial charge in [0.1, 0.15) is 5.60 Å². The summed E-state index contributed by atoms with van der Waals surface area (Å²) in [6.45, 7) is 7.58. The molecule has 0 aromatic heterocycles. The first-order valence-corrected chi connectivity index (χ1v) is 5.64. The van der Waals surface area contributed by atoms with Crippen LogP contribution in [0, 0.1) is 0 Å². The second-order valence-corrected chi connectivity index (χ2v) is 5.28. The van der Waals surface area contributed by atoms with E-state index in [1.54, 1.807) is 20.8 Å². The van der Waals surface area contributed by atoms with Crippen LogP contribution in [0.15, 0.2) is 0 Å². The van der Waals surface area contributed by atoms with E-state index in [4.69, 9.17) is 4.74 Å². The lowest BCUT2D eigenvalue weighted by atomic mass is 10.1. The summed E-state index contributed by atoms with van der Waals surface area (Å²) in [5.74, 6) is -1.27. The normalized spacial score (nSPS) is 25.5. The minimum absolute atomic E-state index is 0.0399. The van der Waals surface area contributed by atoms with Gasteiger partial charge >= 0.3 is 6.09 Å². The first kappa shape index (κ1) is 13.8. The van der Waals surface area contributed by atoms with Crippen LogP contribution in [0.25, 0.3) is 0 Å². The second-order valence-electron chi connectivity index (χ2n) is 5.28. The number of carboxylic acids is 1. The third kappa shape index (κ3) is 3.89. The number of ether oxygens (including phenoxy) is 1. The Morgan fingerprint density at radius 3 is 2.47 bits per heavy atom. The Morgan fingerprint density at radius 2 is 2.00 bits per heavy atom. The Balaban J connectivity index is 2.75. The van der Waals surface area contributed by atoms with Gasteiger partial charge in [-0.05, 0) is 27.7 Å². The fourth-order valence-electron chi connectivity index (χ4n) is 1.64. The second kappa shape index (κ2) is 4.91.